The molecular weight excluding hydrogens is 302 g/mol. The second kappa shape index (κ2) is 7.13. The highest BCUT2D eigenvalue weighted by Gasteiger charge is 2.32. The summed E-state index contributed by atoms with van der Waals surface area (Å²) in [6.07, 6.45) is 0.0194. The van der Waals surface area contributed by atoms with E-state index in [0.29, 0.717) is 5.69 Å². The molecule has 2 N–H and O–H groups in total. The van der Waals surface area contributed by atoms with Gasteiger partial charge in [-0.15, -0.1) is 0 Å². The quantitative estimate of drug-likeness (QED) is 0.802. The van der Waals surface area contributed by atoms with Crippen LogP contribution in [-0.2, 0) is 14.8 Å². The largest absolute Gasteiger partial charge is 0.480 e. The van der Waals surface area contributed by atoms with Crippen LogP contribution in [0, 0.1) is 0 Å². The van der Waals surface area contributed by atoms with E-state index in [1.807, 2.05) is 45.9 Å². The van der Waals surface area contributed by atoms with E-state index in [1.165, 1.54) is 0 Å². The Bertz CT molecular complexity index is 609. The summed E-state index contributed by atoms with van der Waals surface area (Å²) in [4.78, 5) is 11.2. The Labute approximate surface area is 132 Å². The normalized spacial score (nSPS) is 13.4. The fraction of sp³-hybridized carbons (Fsp3) is 0.562. The first-order valence-corrected chi connectivity index (χ1v) is 9.03. The predicted octanol–water partition coefficient (Wildman–Crippen LogP) is 3.54. The topological polar surface area (TPSA) is 83.5 Å². The van der Waals surface area contributed by atoms with Crippen LogP contribution in [0.3, 0.4) is 0 Å². The average molecular weight is 327 g/mol. The van der Waals surface area contributed by atoms with Crippen LogP contribution in [0.5, 0.6) is 0 Å². The van der Waals surface area contributed by atoms with Crippen LogP contribution in [0.1, 0.15) is 64.0 Å². The molecule has 1 aromatic carbocycles. The molecule has 1 atom stereocenters. The molecule has 0 aliphatic rings. The van der Waals surface area contributed by atoms with Crippen LogP contribution < -0.4 is 4.72 Å². The lowest BCUT2D eigenvalue weighted by atomic mass is 9.93. The Hall–Kier alpha value is -1.56. The molecule has 1 aromatic rings. The third-order valence-corrected chi connectivity index (χ3v) is 5.41. The highest BCUT2D eigenvalue weighted by atomic mass is 32.2. The van der Waals surface area contributed by atoms with Gasteiger partial charge in [0.05, 0.1) is 5.69 Å². The second-order valence-electron chi connectivity index (χ2n) is 6.00. The molecule has 0 radical (unpaired) electrons. The van der Waals surface area contributed by atoms with E-state index in [2.05, 4.69) is 4.72 Å². The van der Waals surface area contributed by atoms with Gasteiger partial charge in [-0.05, 0) is 29.4 Å². The van der Waals surface area contributed by atoms with Gasteiger partial charge in [0.25, 0.3) is 0 Å². The number of sulfonamides is 1. The molecule has 1 unspecified atom stereocenters. The molecule has 6 heteroatoms. The van der Waals surface area contributed by atoms with Crippen molar-refractivity contribution in [3.05, 3.63) is 29.3 Å². The van der Waals surface area contributed by atoms with Crippen molar-refractivity contribution in [3.8, 4) is 0 Å². The first kappa shape index (κ1) is 18.5. The summed E-state index contributed by atoms with van der Waals surface area (Å²) in [5, 5.41) is 7.67. The number of anilines is 1. The number of carboxylic acids is 1. The van der Waals surface area contributed by atoms with Crippen molar-refractivity contribution in [2.75, 3.05) is 4.72 Å². The smallest absolute Gasteiger partial charge is 0.323 e. The fourth-order valence-corrected chi connectivity index (χ4v) is 3.78. The SMILES string of the molecule is CCC(C(=O)O)S(=O)(=O)Nc1c(C(C)C)cccc1C(C)C. The molecule has 0 saturated carbocycles. The summed E-state index contributed by atoms with van der Waals surface area (Å²) in [5.74, 6) is -1.08. The van der Waals surface area contributed by atoms with Crippen LogP contribution in [0.25, 0.3) is 0 Å². The standard InChI is InChI=1S/C16H25NO4S/c1-6-14(16(18)19)22(20,21)17-15-12(10(2)3)8-7-9-13(15)11(4)5/h7-11,14,17H,6H2,1-5H3,(H,18,19). The van der Waals surface area contributed by atoms with Gasteiger partial charge in [-0.3, -0.25) is 9.52 Å². The van der Waals surface area contributed by atoms with Gasteiger partial charge in [0.1, 0.15) is 0 Å². The Morgan fingerprint density at radius 3 is 1.91 bits per heavy atom. The molecule has 0 spiro atoms. The van der Waals surface area contributed by atoms with E-state index < -0.39 is 21.2 Å². The number of aliphatic carboxylic acids is 1. The van der Waals surface area contributed by atoms with Crippen molar-refractivity contribution in [2.24, 2.45) is 0 Å². The molecule has 124 valence electrons. The molecule has 0 amide bonds. The number of hydrogen-bond acceptors (Lipinski definition) is 3. The van der Waals surface area contributed by atoms with Crippen molar-refractivity contribution in [2.45, 2.75) is 58.1 Å². The highest BCUT2D eigenvalue weighted by Crippen LogP contribution is 2.33. The van der Waals surface area contributed by atoms with Crippen LogP contribution in [0.2, 0.25) is 0 Å². The van der Waals surface area contributed by atoms with E-state index >= 15 is 0 Å². The Balaban J connectivity index is 3.40. The third-order valence-electron chi connectivity index (χ3n) is 3.64. The van der Waals surface area contributed by atoms with Crippen LogP contribution >= 0.6 is 0 Å². The number of carbonyl (C=O) groups is 1. The first-order valence-electron chi connectivity index (χ1n) is 7.49. The van der Waals surface area contributed by atoms with E-state index in [0.717, 1.165) is 11.1 Å². The van der Waals surface area contributed by atoms with Gasteiger partial charge >= 0.3 is 5.97 Å². The second-order valence-corrected chi connectivity index (χ2v) is 7.87. The zero-order valence-corrected chi connectivity index (χ0v) is 14.6. The molecule has 22 heavy (non-hydrogen) atoms. The van der Waals surface area contributed by atoms with Gasteiger partial charge in [0.15, 0.2) is 5.25 Å². The van der Waals surface area contributed by atoms with Crippen LogP contribution in [0.4, 0.5) is 5.69 Å². The summed E-state index contributed by atoms with van der Waals surface area (Å²) in [6.45, 7) is 9.46. The molecular formula is C16H25NO4S. The Kier molecular flexibility index (Phi) is 6.00. The third kappa shape index (κ3) is 4.00. The van der Waals surface area contributed by atoms with Crippen LogP contribution in [-0.4, -0.2) is 24.7 Å². The van der Waals surface area contributed by atoms with E-state index in [9.17, 15) is 13.2 Å². The zero-order chi connectivity index (χ0) is 17.1. The minimum absolute atomic E-state index is 0.0194. The molecule has 0 aliphatic carbocycles. The van der Waals surface area contributed by atoms with E-state index in [-0.39, 0.29) is 18.3 Å². The lowest BCUT2D eigenvalue weighted by Crippen LogP contribution is -2.34. The summed E-state index contributed by atoms with van der Waals surface area (Å²) >= 11 is 0. The summed E-state index contributed by atoms with van der Waals surface area (Å²) in [5.41, 5.74) is 2.26. The minimum atomic E-state index is -3.99. The van der Waals surface area contributed by atoms with E-state index in [1.54, 1.807) is 6.92 Å². The van der Waals surface area contributed by atoms with Crippen molar-refractivity contribution in [1.82, 2.24) is 0 Å². The molecule has 0 fully saturated rings. The average Bonchev–Trinajstić information content (AvgIpc) is 2.37. The number of carboxylic acid groups (broad SMARTS) is 1. The lowest BCUT2D eigenvalue weighted by molar-refractivity contribution is -0.136. The summed E-state index contributed by atoms with van der Waals surface area (Å²) in [7, 11) is -3.99. The number of nitrogens with one attached hydrogen (secondary N) is 1. The molecule has 0 saturated heterocycles. The van der Waals surface area contributed by atoms with Gasteiger partial charge in [0.2, 0.25) is 10.0 Å². The maximum Gasteiger partial charge on any atom is 0.323 e. The number of hydrogen-bond donors (Lipinski definition) is 2. The number of rotatable bonds is 7. The van der Waals surface area contributed by atoms with Gasteiger partial charge in [-0.2, -0.15) is 0 Å². The monoisotopic (exact) mass is 327 g/mol. The van der Waals surface area contributed by atoms with Gasteiger partial charge in [-0.1, -0.05) is 52.8 Å². The van der Waals surface area contributed by atoms with Crippen molar-refractivity contribution in [3.63, 3.8) is 0 Å². The zero-order valence-electron chi connectivity index (χ0n) is 13.8. The van der Waals surface area contributed by atoms with Gasteiger partial charge < -0.3 is 5.11 Å². The maximum absolute atomic E-state index is 12.4. The molecule has 0 aliphatic heterocycles. The highest BCUT2D eigenvalue weighted by molar-refractivity contribution is 7.94. The predicted molar refractivity (Wildman–Crippen MR) is 88.9 cm³/mol. The maximum atomic E-state index is 12.4. The number of para-hydroxylation sites is 1. The van der Waals surface area contributed by atoms with Crippen molar-refractivity contribution < 1.29 is 18.3 Å². The van der Waals surface area contributed by atoms with Gasteiger partial charge in [0, 0.05) is 0 Å². The minimum Gasteiger partial charge on any atom is -0.480 e. The lowest BCUT2D eigenvalue weighted by Gasteiger charge is -2.22. The molecule has 0 bridgehead atoms. The molecule has 1 rings (SSSR count). The summed E-state index contributed by atoms with van der Waals surface area (Å²) in [6, 6.07) is 5.64. The Morgan fingerprint density at radius 1 is 1.14 bits per heavy atom. The molecule has 0 aromatic heterocycles. The van der Waals surface area contributed by atoms with Crippen molar-refractivity contribution in [1.29, 1.82) is 0 Å². The van der Waals surface area contributed by atoms with Crippen LogP contribution in [0.15, 0.2) is 18.2 Å². The van der Waals surface area contributed by atoms with Crippen molar-refractivity contribution >= 4 is 21.7 Å². The van der Waals surface area contributed by atoms with Gasteiger partial charge in [-0.25, -0.2) is 8.42 Å². The Morgan fingerprint density at radius 2 is 1.59 bits per heavy atom. The first-order chi connectivity index (χ1) is 10.1. The molecule has 0 heterocycles. The number of benzene rings is 1. The molecule has 5 nitrogen and oxygen atoms in total. The van der Waals surface area contributed by atoms with E-state index in [4.69, 9.17) is 5.11 Å². The summed E-state index contributed by atoms with van der Waals surface area (Å²) < 4.78 is 27.4. The fourth-order valence-electron chi connectivity index (χ4n) is 2.41.